The molecule has 2 aliphatic rings. The van der Waals surface area contributed by atoms with Crippen LogP contribution in [0, 0.1) is 6.92 Å². The molecule has 0 saturated carbocycles. The van der Waals surface area contributed by atoms with Crippen molar-refractivity contribution in [2.75, 3.05) is 0 Å². The highest BCUT2D eigenvalue weighted by molar-refractivity contribution is 8.00. The topological polar surface area (TPSA) is 127 Å². The zero-order valence-corrected chi connectivity index (χ0v) is 16.3. The van der Waals surface area contributed by atoms with E-state index in [1.807, 2.05) is 31.2 Å². The summed E-state index contributed by atoms with van der Waals surface area (Å²) in [4.78, 5) is 10.9. The number of carbonyl (C=O) groups is 1. The third-order valence-electron chi connectivity index (χ3n) is 5.05. The maximum atomic E-state index is 11.6. The van der Waals surface area contributed by atoms with Gasteiger partial charge in [-0.15, -0.1) is 0 Å². The third-order valence-corrected chi connectivity index (χ3v) is 6.38. The average Bonchev–Trinajstić information content (AvgIpc) is 2.67. The van der Waals surface area contributed by atoms with Crippen LogP contribution >= 0.6 is 11.8 Å². The normalized spacial score (nSPS) is 36.1. The van der Waals surface area contributed by atoms with Gasteiger partial charge in [0.1, 0.15) is 24.1 Å². The molecule has 7 nitrogen and oxygen atoms in total. The second-order valence-corrected chi connectivity index (χ2v) is 8.57. The van der Waals surface area contributed by atoms with E-state index in [0.29, 0.717) is 0 Å². The number of ether oxygens (including phenoxy) is 1. The Bertz CT molecular complexity index is 803. The average molecular weight is 408 g/mol. The molecule has 6 atom stereocenters. The van der Waals surface area contributed by atoms with Gasteiger partial charge in [-0.25, -0.2) is 0 Å². The van der Waals surface area contributed by atoms with Gasteiger partial charge in [-0.1, -0.05) is 35.5 Å². The van der Waals surface area contributed by atoms with Crippen LogP contribution in [0.15, 0.2) is 52.6 Å². The van der Waals surface area contributed by atoms with E-state index in [-0.39, 0.29) is 12.0 Å². The molecule has 0 spiro atoms. The number of aryl methyl sites for hydroxylation is 1. The fraction of sp³-hybridized carbons (Fsp3) is 0.450. The van der Waals surface area contributed by atoms with Gasteiger partial charge in [0, 0.05) is 11.3 Å². The monoisotopic (exact) mass is 408 g/mol. The lowest BCUT2D eigenvalue weighted by Gasteiger charge is -2.48. The Morgan fingerprint density at radius 1 is 1.07 bits per heavy atom. The Morgan fingerprint density at radius 2 is 1.71 bits per heavy atom. The maximum absolute atomic E-state index is 11.6. The highest BCUT2D eigenvalue weighted by atomic mass is 32.2. The molecule has 5 N–H and O–H groups in total. The highest BCUT2D eigenvalue weighted by Crippen LogP contribution is 2.47. The smallest absolute Gasteiger partial charge is 0.191 e. The first-order valence-electron chi connectivity index (χ1n) is 8.94. The van der Waals surface area contributed by atoms with Gasteiger partial charge in [-0.05, 0) is 37.6 Å². The molecule has 1 aromatic carbocycles. The molecule has 1 saturated heterocycles. The number of rotatable bonds is 4. The summed E-state index contributed by atoms with van der Waals surface area (Å²) in [5, 5.41) is 51.3. The fourth-order valence-electron chi connectivity index (χ4n) is 3.34. The van der Waals surface area contributed by atoms with Crippen molar-refractivity contribution in [1.82, 2.24) is 0 Å². The van der Waals surface area contributed by atoms with E-state index >= 15 is 0 Å². The third kappa shape index (κ3) is 3.89. The first kappa shape index (κ1) is 21.0. The lowest BCUT2D eigenvalue weighted by Crippen LogP contribution is -2.62. The minimum atomic E-state index is -1.67. The molecule has 3 rings (SSSR count). The summed E-state index contributed by atoms with van der Waals surface area (Å²) in [6.07, 6.45) is -4.30. The van der Waals surface area contributed by atoms with Gasteiger partial charge in [-0.3, -0.25) is 4.79 Å². The van der Waals surface area contributed by atoms with Crippen LogP contribution in [-0.4, -0.2) is 66.8 Å². The van der Waals surface area contributed by atoms with Crippen molar-refractivity contribution < 1.29 is 35.1 Å². The molecule has 1 heterocycles. The first-order chi connectivity index (χ1) is 13.1. The number of allylic oxidation sites excluding steroid dienone is 1. The summed E-state index contributed by atoms with van der Waals surface area (Å²) in [6, 6.07) is 7.45. The minimum Gasteiger partial charge on any atom is -0.509 e. The first-order valence-corrected chi connectivity index (χ1v) is 9.76. The number of thioether (sulfide) groups is 1. The van der Waals surface area contributed by atoms with Crippen LogP contribution in [-0.2, 0) is 9.53 Å². The summed E-state index contributed by atoms with van der Waals surface area (Å²) in [7, 11) is 0. The van der Waals surface area contributed by atoms with Gasteiger partial charge in [0.25, 0.3) is 0 Å². The van der Waals surface area contributed by atoms with Gasteiger partial charge in [0.05, 0.1) is 6.10 Å². The van der Waals surface area contributed by atoms with Crippen LogP contribution < -0.4 is 0 Å². The molecular weight excluding hydrogens is 384 g/mol. The molecule has 152 valence electrons. The molecule has 1 unspecified atom stereocenters. The van der Waals surface area contributed by atoms with Crippen LogP contribution in [0.3, 0.4) is 0 Å². The number of carbonyl (C=O) groups excluding carboxylic acids is 1. The van der Waals surface area contributed by atoms with Crippen molar-refractivity contribution in [1.29, 1.82) is 0 Å². The standard InChI is InChI=1S/C20H24O7S/c1-10-3-6-13(7-4-10)28-20(19(26)18(25)15(22)11(2)27-20)9-12-5-8-14(21)17(24)16(12)23/h3-8,11,15,17-19,22-26H,9H2,1-2H3/t11-,15-,17?,18+,19+,20-/m0/s1. The van der Waals surface area contributed by atoms with Gasteiger partial charge < -0.3 is 30.3 Å². The van der Waals surface area contributed by atoms with Crippen LogP contribution in [0.1, 0.15) is 18.9 Å². The van der Waals surface area contributed by atoms with E-state index in [1.165, 1.54) is 6.08 Å². The molecule has 1 fully saturated rings. The van der Waals surface area contributed by atoms with E-state index in [4.69, 9.17) is 4.74 Å². The second-order valence-electron chi connectivity index (χ2n) is 7.20. The molecule has 8 heteroatoms. The Hall–Kier alpha value is -1.68. The maximum Gasteiger partial charge on any atom is 0.191 e. The summed E-state index contributed by atoms with van der Waals surface area (Å²) >= 11 is 1.15. The predicted octanol–water partition coefficient (Wildman–Crippen LogP) is 0.987. The van der Waals surface area contributed by atoms with E-state index < -0.39 is 47.0 Å². The quantitative estimate of drug-likeness (QED) is 0.499. The number of hydrogen-bond donors (Lipinski definition) is 5. The van der Waals surface area contributed by atoms with Gasteiger partial charge in [-0.2, -0.15) is 0 Å². The summed E-state index contributed by atoms with van der Waals surface area (Å²) in [6.45, 7) is 3.51. The lowest BCUT2D eigenvalue weighted by atomic mass is 9.89. The highest BCUT2D eigenvalue weighted by Gasteiger charge is 2.53. The number of aliphatic hydroxyl groups excluding tert-OH is 5. The Morgan fingerprint density at radius 3 is 2.36 bits per heavy atom. The molecule has 1 aliphatic carbocycles. The summed E-state index contributed by atoms with van der Waals surface area (Å²) in [5.74, 6) is -1.16. The van der Waals surface area contributed by atoms with E-state index in [9.17, 15) is 30.3 Å². The molecular formula is C20H24O7S. The Kier molecular flexibility index (Phi) is 6.00. The summed E-state index contributed by atoms with van der Waals surface area (Å²) in [5.41, 5.74) is 1.26. The van der Waals surface area contributed by atoms with E-state index in [1.54, 1.807) is 6.92 Å². The molecule has 28 heavy (non-hydrogen) atoms. The van der Waals surface area contributed by atoms with Crippen LogP contribution in [0.2, 0.25) is 0 Å². The van der Waals surface area contributed by atoms with Crippen LogP contribution in [0.5, 0.6) is 0 Å². The molecule has 0 amide bonds. The van der Waals surface area contributed by atoms with E-state index in [0.717, 1.165) is 28.3 Å². The van der Waals surface area contributed by atoms with Crippen molar-refractivity contribution in [2.24, 2.45) is 0 Å². The largest absolute Gasteiger partial charge is 0.509 e. The number of aliphatic hydroxyl groups is 5. The fourth-order valence-corrected chi connectivity index (χ4v) is 4.69. The SMILES string of the molecule is Cc1ccc(S[C@]2(CC3=C(O)C(O)C(=O)C=C3)O[C@@H](C)[C@H](O)[C@@H](O)[C@H]2O)cc1. The summed E-state index contributed by atoms with van der Waals surface area (Å²) < 4.78 is 5.97. The van der Waals surface area contributed by atoms with Crippen molar-refractivity contribution in [3.8, 4) is 0 Å². The van der Waals surface area contributed by atoms with Crippen LogP contribution in [0.4, 0.5) is 0 Å². The molecule has 0 bridgehead atoms. The van der Waals surface area contributed by atoms with E-state index in [2.05, 4.69) is 0 Å². The van der Waals surface area contributed by atoms with Crippen LogP contribution in [0.25, 0.3) is 0 Å². The molecule has 1 aromatic rings. The molecule has 1 aliphatic heterocycles. The zero-order chi connectivity index (χ0) is 20.6. The molecule has 0 aromatic heterocycles. The van der Waals surface area contributed by atoms with Crippen molar-refractivity contribution in [2.45, 2.75) is 60.6 Å². The predicted molar refractivity (Wildman–Crippen MR) is 103 cm³/mol. The van der Waals surface area contributed by atoms with Gasteiger partial charge in [0.15, 0.2) is 16.8 Å². The van der Waals surface area contributed by atoms with Crippen molar-refractivity contribution in [3.05, 3.63) is 53.3 Å². The van der Waals surface area contributed by atoms with Crippen molar-refractivity contribution >= 4 is 17.5 Å². The number of benzene rings is 1. The number of hydrogen-bond acceptors (Lipinski definition) is 8. The minimum absolute atomic E-state index is 0.104. The zero-order valence-electron chi connectivity index (χ0n) is 15.5. The Labute approximate surface area is 167 Å². The van der Waals surface area contributed by atoms with Crippen molar-refractivity contribution in [3.63, 3.8) is 0 Å². The van der Waals surface area contributed by atoms with Gasteiger partial charge >= 0.3 is 0 Å². The number of ketones is 1. The second kappa shape index (κ2) is 7.98. The van der Waals surface area contributed by atoms with Gasteiger partial charge in [0.2, 0.25) is 0 Å². The lowest BCUT2D eigenvalue weighted by molar-refractivity contribution is -0.229. The Balaban J connectivity index is 2.00. The molecule has 0 radical (unpaired) electrons.